The van der Waals surface area contributed by atoms with Gasteiger partial charge in [-0.15, -0.1) is 0 Å². The van der Waals surface area contributed by atoms with E-state index in [9.17, 15) is 10.1 Å². The molecule has 0 atom stereocenters. The van der Waals surface area contributed by atoms with Crippen molar-refractivity contribution in [1.82, 2.24) is 14.7 Å². The summed E-state index contributed by atoms with van der Waals surface area (Å²) in [4.78, 5) is 12.8. The highest BCUT2D eigenvalue weighted by molar-refractivity contribution is 5.59. The molecule has 0 aromatic carbocycles. The normalized spacial score (nSPS) is 10.9. The first kappa shape index (κ1) is 14.4. The maximum absolute atomic E-state index is 11.0. The third-order valence-electron chi connectivity index (χ3n) is 2.99. The Hall–Kier alpha value is -1.63. The van der Waals surface area contributed by atoms with Crippen LogP contribution < -0.4 is 5.32 Å². The van der Waals surface area contributed by atoms with Gasteiger partial charge in [0.1, 0.15) is 5.69 Å². The van der Waals surface area contributed by atoms with Crippen molar-refractivity contribution in [3.8, 4) is 0 Å². The Morgan fingerprint density at radius 1 is 1.44 bits per heavy atom. The molecule has 1 N–H and O–H groups in total. The lowest BCUT2D eigenvalue weighted by atomic mass is 10.4. The molecule has 0 bridgehead atoms. The number of aromatic nitrogens is 2. The molecule has 0 aliphatic rings. The van der Waals surface area contributed by atoms with Gasteiger partial charge in [-0.05, 0) is 20.0 Å². The zero-order valence-corrected chi connectivity index (χ0v) is 11.4. The molecule has 102 valence electrons. The van der Waals surface area contributed by atoms with E-state index in [2.05, 4.69) is 29.2 Å². The third kappa shape index (κ3) is 3.19. The predicted octanol–water partition coefficient (Wildman–Crippen LogP) is 1.39. The Morgan fingerprint density at radius 2 is 2.06 bits per heavy atom. The smallest absolute Gasteiger partial charge is 0.333 e. The molecule has 0 fully saturated rings. The molecule has 1 aromatic heterocycles. The molecule has 18 heavy (non-hydrogen) atoms. The fraction of sp³-hybridized carbons (Fsp3) is 0.727. The van der Waals surface area contributed by atoms with E-state index in [-0.39, 0.29) is 10.6 Å². The molecular weight excluding hydrogens is 234 g/mol. The van der Waals surface area contributed by atoms with E-state index in [4.69, 9.17) is 0 Å². The maximum atomic E-state index is 11.0. The molecule has 0 aliphatic carbocycles. The van der Waals surface area contributed by atoms with Crippen LogP contribution in [0, 0.1) is 17.0 Å². The number of hydrogen-bond donors (Lipinski definition) is 1. The van der Waals surface area contributed by atoms with Gasteiger partial charge in [-0.1, -0.05) is 13.8 Å². The summed E-state index contributed by atoms with van der Waals surface area (Å²) < 4.78 is 1.52. The minimum atomic E-state index is -0.387. The van der Waals surface area contributed by atoms with E-state index >= 15 is 0 Å². The van der Waals surface area contributed by atoms with Crippen molar-refractivity contribution in [2.75, 3.05) is 31.5 Å². The van der Waals surface area contributed by atoms with Crippen molar-refractivity contribution in [3.63, 3.8) is 0 Å². The third-order valence-corrected chi connectivity index (χ3v) is 2.99. The second kappa shape index (κ2) is 6.34. The number of likely N-dealkylation sites (N-methyl/N-ethyl adjacent to an activating group) is 1. The van der Waals surface area contributed by atoms with Gasteiger partial charge >= 0.3 is 5.69 Å². The van der Waals surface area contributed by atoms with Gasteiger partial charge in [0.05, 0.1) is 4.92 Å². The van der Waals surface area contributed by atoms with Crippen LogP contribution in [0.25, 0.3) is 0 Å². The van der Waals surface area contributed by atoms with Crippen LogP contribution in [0.3, 0.4) is 0 Å². The number of nitro groups is 1. The fourth-order valence-electron chi connectivity index (χ4n) is 1.94. The SMILES string of the molecule is CCN(CC)CCNc1c([N+](=O)[O-])c(C)nn1C. The average Bonchev–Trinajstić information content (AvgIpc) is 2.59. The predicted molar refractivity (Wildman–Crippen MR) is 70.9 cm³/mol. The van der Waals surface area contributed by atoms with Crippen molar-refractivity contribution >= 4 is 11.5 Å². The average molecular weight is 255 g/mol. The lowest BCUT2D eigenvalue weighted by Gasteiger charge is -2.18. The van der Waals surface area contributed by atoms with E-state index in [0.717, 1.165) is 19.6 Å². The van der Waals surface area contributed by atoms with E-state index < -0.39 is 0 Å². The summed E-state index contributed by atoms with van der Waals surface area (Å²) in [5.41, 5.74) is 0.505. The fourth-order valence-corrected chi connectivity index (χ4v) is 1.94. The molecule has 0 saturated heterocycles. The Labute approximate surface area is 107 Å². The number of hydrogen-bond acceptors (Lipinski definition) is 5. The second-order valence-corrected chi connectivity index (χ2v) is 4.12. The molecule has 1 aromatic rings. The van der Waals surface area contributed by atoms with Crippen LogP contribution in [0.5, 0.6) is 0 Å². The number of anilines is 1. The Morgan fingerprint density at radius 3 is 2.56 bits per heavy atom. The molecule has 7 heteroatoms. The minimum Gasteiger partial charge on any atom is -0.363 e. The van der Waals surface area contributed by atoms with Gasteiger partial charge in [0.2, 0.25) is 5.82 Å². The molecular formula is C11H21N5O2. The number of nitrogens with zero attached hydrogens (tertiary/aromatic N) is 4. The van der Waals surface area contributed by atoms with Gasteiger partial charge in [0.25, 0.3) is 0 Å². The first-order chi connectivity index (χ1) is 8.51. The largest absolute Gasteiger partial charge is 0.363 e. The summed E-state index contributed by atoms with van der Waals surface area (Å²) in [5.74, 6) is 0.477. The van der Waals surface area contributed by atoms with Crippen LogP contribution in [0.4, 0.5) is 11.5 Å². The van der Waals surface area contributed by atoms with E-state index in [1.54, 1.807) is 14.0 Å². The molecule has 0 spiro atoms. The van der Waals surface area contributed by atoms with Gasteiger partial charge in [-0.3, -0.25) is 10.1 Å². The van der Waals surface area contributed by atoms with Gasteiger partial charge < -0.3 is 10.2 Å². The van der Waals surface area contributed by atoms with Crippen LogP contribution >= 0.6 is 0 Å². The molecule has 0 aliphatic heterocycles. The second-order valence-electron chi connectivity index (χ2n) is 4.12. The number of nitrogens with one attached hydrogen (secondary N) is 1. The minimum absolute atomic E-state index is 0.0667. The van der Waals surface area contributed by atoms with Crippen molar-refractivity contribution in [2.45, 2.75) is 20.8 Å². The Balaban J connectivity index is 2.70. The first-order valence-corrected chi connectivity index (χ1v) is 6.15. The molecule has 1 heterocycles. The van der Waals surface area contributed by atoms with E-state index in [0.29, 0.717) is 18.1 Å². The standard InChI is InChI=1S/C11H21N5O2/c1-5-15(6-2)8-7-12-11-10(16(17)18)9(3)13-14(11)4/h12H,5-8H2,1-4H3. The summed E-state index contributed by atoms with van der Waals surface area (Å²) in [7, 11) is 1.71. The number of rotatable bonds is 7. The molecule has 0 radical (unpaired) electrons. The molecule has 0 saturated carbocycles. The highest BCUT2D eigenvalue weighted by Crippen LogP contribution is 2.26. The highest BCUT2D eigenvalue weighted by atomic mass is 16.6. The molecule has 0 amide bonds. The van der Waals surface area contributed by atoms with Crippen LogP contribution in [-0.4, -0.2) is 45.8 Å². The van der Waals surface area contributed by atoms with Crippen molar-refractivity contribution in [3.05, 3.63) is 15.8 Å². The summed E-state index contributed by atoms with van der Waals surface area (Å²) in [6.07, 6.45) is 0. The van der Waals surface area contributed by atoms with Crippen LogP contribution in [-0.2, 0) is 7.05 Å². The molecule has 1 rings (SSSR count). The summed E-state index contributed by atoms with van der Waals surface area (Å²) >= 11 is 0. The van der Waals surface area contributed by atoms with Crippen molar-refractivity contribution in [1.29, 1.82) is 0 Å². The lowest BCUT2D eigenvalue weighted by molar-refractivity contribution is -0.384. The van der Waals surface area contributed by atoms with Crippen LogP contribution in [0.15, 0.2) is 0 Å². The summed E-state index contributed by atoms with van der Waals surface area (Å²) in [6, 6.07) is 0. The van der Waals surface area contributed by atoms with Crippen LogP contribution in [0.1, 0.15) is 19.5 Å². The topological polar surface area (TPSA) is 76.2 Å². The zero-order valence-electron chi connectivity index (χ0n) is 11.4. The highest BCUT2D eigenvalue weighted by Gasteiger charge is 2.23. The first-order valence-electron chi connectivity index (χ1n) is 6.15. The van der Waals surface area contributed by atoms with E-state index in [1.165, 1.54) is 4.68 Å². The molecule has 0 unspecified atom stereocenters. The monoisotopic (exact) mass is 255 g/mol. The number of aryl methyl sites for hydroxylation is 2. The Kier molecular flexibility index (Phi) is 5.08. The van der Waals surface area contributed by atoms with E-state index in [1.807, 2.05) is 0 Å². The molecule has 7 nitrogen and oxygen atoms in total. The Bertz CT molecular complexity index is 412. The van der Waals surface area contributed by atoms with Crippen molar-refractivity contribution < 1.29 is 4.92 Å². The maximum Gasteiger partial charge on any atom is 0.333 e. The van der Waals surface area contributed by atoms with Gasteiger partial charge in [-0.25, -0.2) is 4.68 Å². The van der Waals surface area contributed by atoms with Gasteiger partial charge in [-0.2, -0.15) is 5.10 Å². The zero-order chi connectivity index (χ0) is 13.7. The van der Waals surface area contributed by atoms with Gasteiger partial charge in [0.15, 0.2) is 0 Å². The summed E-state index contributed by atoms with van der Waals surface area (Å²) in [5, 5.41) is 18.1. The lowest BCUT2D eigenvalue weighted by Crippen LogP contribution is -2.29. The quantitative estimate of drug-likeness (QED) is 0.588. The van der Waals surface area contributed by atoms with Crippen LogP contribution in [0.2, 0.25) is 0 Å². The summed E-state index contributed by atoms with van der Waals surface area (Å²) in [6.45, 7) is 9.32. The van der Waals surface area contributed by atoms with Crippen molar-refractivity contribution in [2.24, 2.45) is 7.05 Å². The van der Waals surface area contributed by atoms with Gasteiger partial charge in [0, 0.05) is 20.1 Å².